The van der Waals surface area contributed by atoms with Gasteiger partial charge in [-0.25, -0.2) is 4.98 Å². The highest BCUT2D eigenvalue weighted by Gasteiger charge is 2.12. The summed E-state index contributed by atoms with van der Waals surface area (Å²) >= 11 is 0. The molecule has 1 aromatic heterocycles. The van der Waals surface area contributed by atoms with E-state index in [0.29, 0.717) is 6.54 Å². The fourth-order valence-corrected chi connectivity index (χ4v) is 3.53. The van der Waals surface area contributed by atoms with Gasteiger partial charge >= 0.3 is 0 Å². The summed E-state index contributed by atoms with van der Waals surface area (Å²) in [5, 5.41) is 5.13. The standard InChI is InChI=1S/C25H22N2O/c1-4-24(28)26-15-18-7-9-19(10-8-18)25-20-13-16(2)5-11-22(20)27-23-12-6-17(3)14-21(23)25/h4-14H,1,15H2,2-3H3,(H,26,28). The number of fused-ring (bicyclic) bond motifs is 2. The largest absolute Gasteiger partial charge is 0.348 e. The van der Waals surface area contributed by atoms with Crippen LogP contribution in [0.25, 0.3) is 32.9 Å². The van der Waals surface area contributed by atoms with Crippen molar-refractivity contribution in [2.24, 2.45) is 0 Å². The van der Waals surface area contributed by atoms with Crippen LogP contribution in [0.4, 0.5) is 0 Å². The molecule has 3 aromatic carbocycles. The Kier molecular flexibility index (Phi) is 4.66. The van der Waals surface area contributed by atoms with Crippen LogP contribution in [0.5, 0.6) is 0 Å². The van der Waals surface area contributed by atoms with E-state index in [2.05, 4.69) is 86.4 Å². The molecule has 0 aliphatic heterocycles. The van der Waals surface area contributed by atoms with Crippen molar-refractivity contribution in [3.63, 3.8) is 0 Å². The fraction of sp³-hybridized carbons (Fsp3) is 0.120. The molecule has 138 valence electrons. The summed E-state index contributed by atoms with van der Waals surface area (Å²) in [5.41, 5.74) is 7.83. The van der Waals surface area contributed by atoms with E-state index in [9.17, 15) is 4.79 Å². The smallest absolute Gasteiger partial charge is 0.243 e. The highest BCUT2D eigenvalue weighted by molar-refractivity contribution is 6.09. The molecule has 4 aromatic rings. The number of aryl methyl sites for hydroxylation is 2. The number of hydrogen-bond donors (Lipinski definition) is 1. The van der Waals surface area contributed by atoms with Crippen molar-refractivity contribution in [2.75, 3.05) is 0 Å². The molecule has 0 bridgehead atoms. The Bertz CT molecular complexity index is 1150. The number of nitrogens with zero attached hydrogens (tertiary/aromatic N) is 1. The van der Waals surface area contributed by atoms with Gasteiger partial charge in [0.25, 0.3) is 0 Å². The van der Waals surface area contributed by atoms with Crippen molar-refractivity contribution in [1.29, 1.82) is 0 Å². The lowest BCUT2D eigenvalue weighted by molar-refractivity contribution is -0.116. The summed E-state index contributed by atoms with van der Waals surface area (Å²) in [7, 11) is 0. The van der Waals surface area contributed by atoms with Crippen molar-refractivity contribution < 1.29 is 4.79 Å². The summed E-state index contributed by atoms with van der Waals surface area (Å²) in [6.45, 7) is 8.18. The second-order valence-electron chi connectivity index (χ2n) is 7.15. The number of rotatable bonds is 4. The molecule has 0 saturated carbocycles. The van der Waals surface area contributed by atoms with Crippen molar-refractivity contribution >= 4 is 27.7 Å². The molecule has 0 aliphatic rings. The Morgan fingerprint density at radius 1 is 0.929 bits per heavy atom. The number of aromatic nitrogens is 1. The van der Waals surface area contributed by atoms with Crippen molar-refractivity contribution in [3.05, 3.63) is 90.0 Å². The molecule has 0 aliphatic carbocycles. The third-order valence-corrected chi connectivity index (χ3v) is 4.98. The molecule has 1 N–H and O–H groups in total. The predicted octanol–water partition coefficient (Wildman–Crippen LogP) is 5.47. The first-order valence-electron chi connectivity index (χ1n) is 9.35. The maximum absolute atomic E-state index is 11.4. The van der Waals surface area contributed by atoms with Gasteiger partial charge in [-0.3, -0.25) is 4.79 Å². The second-order valence-corrected chi connectivity index (χ2v) is 7.15. The van der Waals surface area contributed by atoms with Gasteiger partial charge in [-0.15, -0.1) is 0 Å². The Balaban J connectivity index is 1.88. The predicted molar refractivity (Wildman–Crippen MR) is 116 cm³/mol. The van der Waals surface area contributed by atoms with Crippen LogP contribution < -0.4 is 5.32 Å². The van der Waals surface area contributed by atoms with Gasteiger partial charge in [0.15, 0.2) is 0 Å². The van der Waals surface area contributed by atoms with Crippen LogP contribution in [0, 0.1) is 13.8 Å². The van der Waals surface area contributed by atoms with Crippen LogP contribution in [0.3, 0.4) is 0 Å². The average molecular weight is 366 g/mol. The highest BCUT2D eigenvalue weighted by Crippen LogP contribution is 2.35. The second kappa shape index (κ2) is 7.28. The first-order chi connectivity index (χ1) is 13.5. The molecule has 1 amide bonds. The number of nitrogens with one attached hydrogen (secondary N) is 1. The summed E-state index contributed by atoms with van der Waals surface area (Å²) in [4.78, 5) is 16.3. The zero-order valence-electron chi connectivity index (χ0n) is 16.1. The van der Waals surface area contributed by atoms with Gasteiger partial charge < -0.3 is 5.32 Å². The van der Waals surface area contributed by atoms with Crippen LogP contribution >= 0.6 is 0 Å². The molecule has 0 fully saturated rings. The number of carbonyl (C=O) groups is 1. The van der Waals surface area contributed by atoms with Crippen molar-refractivity contribution in [1.82, 2.24) is 10.3 Å². The SMILES string of the molecule is C=CC(=O)NCc1ccc(-c2c3cc(C)ccc3nc3ccc(C)cc23)cc1. The quantitative estimate of drug-likeness (QED) is 0.384. The van der Waals surface area contributed by atoms with Gasteiger partial charge in [0.05, 0.1) is 11.0 Å². The summed E-state index contributed by atoms with van der Waals surface area (Å²) in [5.74, 6) is -0.166. The first kappa shape index (κ1) is 17.9. The van der Waals surface area contributed by atoms with Gasteiger partial charge in [0.2, 0.25) is 5.91 Å². The molecule has 0 unspecified atom stereocenters. The minimum Gasteiger partial charge on any atom is -0.348 e. The minimum atomic E-state index is -0.166. The molecule has 4 rings (SSSR count). The van der Waals surface area contributed by atoms with Crippen molar-refractivity contribution in [2.45, 2.75) is 20.4 Å². The van der Waals surface area contributed by atoms with Gasteiger partial charge in [-0.05, 0) is 55.3 Å². The van der Waals surface area contributed by atoms with Crippen LogP contribution in [-0.4, -0.2) is 10.9 Å². The molecule has 0 saturated heterocycles. The first-order valence-corrected chi connectivity index (χ1v) is 9.35. The average Bonchev–Trinajstić information content (AvgIpc) is 2.71. The van der Waals surface area contributed by atoms with Gasteiger partial charge in [-0.2, -0.15) is 0 Å². The lowest BCUT2D eigenvalue weighted by Crippen LogP contribution is -2.19. The Morgan fingerprint density at radius 2 is 1.50 bits per heavy atom. The zero-order valence-corrected chi connectivity index (χ0v) is 16.1. The Morgan fingerprint density at radius 3 is 2.04 bits per heavy atom. The van der Waals surface area contributed by atoms with E-state index in [1.165, 1.54) is 22.8 Å². The van der Waals surface area contributed by atoms with Gasteiger partial charge in [0.1, 0.15) is 0 Å². The number of hydrogen-bond acceptors (Lipinski definition) is 2. The van der Waals surface area contributed by atoms with E-state index >= 15 is 0 Å². The molecule has 28 heavy (non-hydrogen) atoms. The molecule has 1 heterocycles. The van der Waals surface area contributed by atoms with E-state index in [0.717, 1.165) is 32.9 Å². The van der Waals surface area contributed by atoms with E-state index in [4.69, 9.17) is 4.98 Å². The molecule has 0 spiro atoms. The monoisotopic (exact) mass is 366 g/mol. The van der Waals surface area contributed by atoms with Gasteiger partial charge in [0, 0.05) is 22.9 Å². The normalized spacial score (nSPS) is 10.9. The van der Waals surface area contributed by atoms with E-state index < -0.39 is 0 Å². The maximum atomic E-state index is 11.4. The lowest BCUT2D eigenvalue weighted by atomic mass is 9.94. The van der Waals surface area contributed by atoms with E-state index in [-0.39, 0.29) is 5.91 Å². The van der Waals surface area contributed by atoms with E-state index in [1.54, 1.807) is 0 Å². The molecule has 3 heteroatoms. The summed E-state index contributed by atoms with van der Waals surface area (Å²) < 4.78 is 0. The zero-order chi connectivity index (χ0) is 19.7. The third kappa shape index (κ3) is 3.39. The Hall–Kier alpha value is -3.46. The topological polar surface area (TPSA) is 42.0 Å². The van der Waals surface area contributed by atoms with Gasteiger partial charge in [-0.1, -0.05) is 54.1 Å². The Labute approximate surface area is 164 Å². The maximum Gasteiger partial charge on any atom is 0.243 e. The van der Waals surface area contributed by atoms with E-state index in [1.807, 2.05) is 0 Å². The minimum absolute atomic E-state index is 0.166. The number of amides is 1. The highest BCUT2D eigenvalue weighted by atomic mass is 16.1. The molecule has 0 radical (unpaired) electrons. The van der Waals surface area contributed by atoms with Crippen molar-refractivity contribution in [3.8, 4) is 11.1 Å². The molecule has 3 nitrogen and oxygen atoms in total. The lowest BCUT2D eigenvalue weighted by Gasteiger charge is -2.13. The third-order valence-electron chi connectivity index (χ3n) is 4.98. The fourth-order valence-electron chi connectivity index (χ4n) is 3.53. The van der Waals surface area contributed by atoms with Crippen LogP contribution in [0.1, 0.15) is 16.7 Å². The number of pyridine rings is 1. The molecule has 0 atom stereocenters. The molecular weight excluding hydrogens is 344 g/mol. The number of benzene rings is 3. The van der Waals surface area contributed by atoms with Crippen LogP contribution in [-0.2, 0) is 11.3 Å². The van der Waals surface area contributed by atoms with Crippen LogP contribution in [0.15, 0.2) is 73.3 Å². The van der Waals surface area contributed by atoms with Crippen LogP contribution in [0.2, 0.25) is 0 Å². The number of carbonyl (C=O) groups excluding carboxylic acids is 1. The molecular formula is C25H22N2O. The summed E-state index contributed by atoms with van der Waals surface area (Å²) in [6.07, 6.45) is 1.29. The summed E-state index contributed by atoms with van der Waals surface area (Å²) in [6, 6.07) is 21.1.